The molecule has 0 unspecified atom stereocenters. The fourth-order valence-electron chi connectivity index (χ4n) is 2.21. The van der Waals surface area contributed by atoms with Gasteiger partial charge < -0.3 is 4.42 Å². The van der Waals surface area contributed by atoms with E-state index < -0.39 is 0 Å². The van der Waals surface area contributed by atoms with Gasteiger partial charge in [0.1, 0.15) is 11.1 Å². The van der Waals surface area contributed by atoms with Crippen LogP contribution in [0.25, 0.3) is 32.3 Å². The van der Waals surface area contributed by atoms with Gasteiger partial charge in [-0.1, -0.05) is 34.8 Å². The summed E-state index contributed by atoms with van der Waals surface area (Å²) >= 11 is 1.41. The van der Waals surface area contributed by atoms with Gasteiger partial charge in [0.05, 0.1) is 11.0 Å². The fraction of sp³-hybridized carbons (Fsp3) is 0. The summed E-state index contributed by atoms with van der Waals surface area (Å²) in [6, 6.07) is 14.1. The molecule has 4 rings (SSSR count). The molecular weight excluding hydrogens is 244 g/mol. The number of aromatic nitrogens is 2. The number of para-hydroxylation sites is 1. The van der Waals surface area contributed by atoms with Crippen LogP contribution in [-0.2, 0) is 0 Å². The Labute approximate surface area is 107 Å². The molecule has 3 nitrogen and oxygen atoms in total. The Morgan fingerprint density at radius 2 is 1.89 bits per heavy atom. The van der Waals surface area contributed by atoms with Gasteiger partial charge in [-0.25, -0.2) is 0 Å². The molecule has 0 bridgehead atoms. The Morgan fingerprint density at radius 3 is 2.89 bits per heavy atom. The number of furan rings is 1. The van der Waals surface area contributed by atoms with Gasteiger partial charge in [-0.15, -0.1) is 5.10 Å². The van der Waals surface area contributed by atoms with Gasteiger partial charge in [0.15, 0.2) is 0 Å². The third-order valence-corrected chi connectivity index (χ3v) is 3.74. The molecule has 4 heteroatoms. The lowest BCUT2D eigenvalue weighted by Crippen LogP contribution is -1.78. The van der Waals surface area contributed by atoms with Crippen molar-refractivity contribution >= 4 is 32.7 Å². The van der Waals surface area contributed by atoms with Crippen LogP contribution < -0.4 is 0 Å². The molecule has 0 amide bonds. The zero-order valence-corrected chi connectivity index (χ0v) is 10.1. The third-order valence-electron chi connectivity index (χ3n) is 3.05. The van der Waals surface area contributed by atoms with E-state index in [0.29, 0.717) is 0 Å². The second kappa shape index (κ2) is 3.65. The van der Waals surface area contributed by atoms with Gasteiger partial charge >= 0.3 is 0 Å². The molecule has 2 heterocycles. The summed E-state index contributed by atoms with van der Waals surface area (Å²) in [4.78, 5) is 0. The van der Waals surface area contributed by atoms with Crippen molar-refractivity contribution in [2.24, 2.45) is 0 Å². The summed E-state index contributed by atoms with van der Waals surface area (Å²) in [5, 5.41) is 5.32. The Morgan fingerprint density at radius 1 is 0.944 bits per heavy atom. The maximum Gasteiger partial charge on any atom is 0.134 e. The SMILES string of the molecule is c1ccc2c(-c3cccc4snnc34)coc2c1. The number of fused-ring (bicyclic) bond motifs is 2. The van der Waals surface area contributed by atoms with Crippen molar-refractivity contribution in [3.63, 3.8) is 0 Å². The zero-order valence-electron chi connectivity index (χ0n) is 9.33. The summed E-state index contributed by atoms with van der Waals surface area (Å²) in [7, 11) is 0. The monoisotopic (exact) mass is 252 g/mol. The van der Waals surface area contributed by atoms with Crippen LogP contribution in [0.15, 0.2) is 53.1 Å². The zero-order chi connectivity index (χ0) is 11.9. The summed E-state index contributed by atoms with van der Waals surface area (Å²) in [6.45, 7) is 0. The van der Waals surface area contributed by atoms with Crippen molar-refractivity contribution in [3.05, 3.63) is 48.7 Å². The topological polar surface area (TPSA) is 38.9 Å². The Balaban J connectivity index is 2.10. The van der Waals surface area contributed by atoms with Crippen LogP contribution in [0.2, 0.25) is 0 Å². The van der Waals surface area contributed by atoms with E-state index in [2.05, 4.69) is 21.7 Å². The predicted molar refractivity (Wildman–Crippen MR) is 72.6 cm³/mol. The van der Waals surface area contributed by atoms with E-state index in [1.165, 1.54) is 11.5 Å². The average molecular weight is 252 g/mol. The normalized spacial score (nSPS) is 11.3. The Kier molecular flexibility index (Phi) is 1.98. The molecular formula is C14H8N2OS. The molecule has 86 valence electrons. The molecule has 0 aliphatic heterocycles. The van der Waals surface area contributed by atoms with Crippen LogP contribution >= 0.6 is 11.5 Å². The van der Waals surface area contributed by atoms with Crippen molar-refractivity contribution in [1.29, 1.82) is 0 Å². The van der Waals surface area contributed by atoms with Crippen LogP contribution in [0, 0.1) is 0 Å². The molecule has 2 aromatic heterocycles. The summed E-state index contributed by atoms with van der Waals surface area (Å²) in [5.41, 5.74) is 3.98. The highest BCUT2D eigenvalue weighted by molar-refractivity contribution is 7.13. The van der Waals surface area contributed by atoms with Gasteiger partial charge in [-0.2, -0.15) is 0 Å². The van der Waals surface area contributed by atoms with E-state index in [4.69, 9.17) is 4.42 Å². The summed E-state index contributed by atoms with van der Waals surface area (Å²) in [6.07, 6.45) is 1.79. The smallest absolute Gasteiger partial charge is 0.134 e. The van der Waals surface area contributed by atoms with Gasteiger partial charge in [0.25, 0.3) is 0 Å². The quantitative estimate of drug-likeness (QED) is 0.512. The first-order valence-corrected chi connectivity index (χ1v) is 6.38. The Hall–Kier alpha value is -2.20. The molecule has 0 spiro atoms. The first-order chi connectivity index (χ1) is 8.93. The van der Waals surface area contributed by atoms with Crippen LogP contribution in [0.3, 0.4) is 0 Å². The third kappa shape index (κ3) is 1.29. The molecule has 0 aliphatic carbocycles. The predicted octanol–water partition coefficient (Wildman–Crippen LogP) is 4.10. The van der Waals surface area contributed by atoms with Crippen LogP contribution in [0.4, 0.5) is 0 Å². The number of benzene rings is 2. The Bertz CT molecular complexity index is 847. The first-order valence-electron chi connectivity index (χ1n) is 5.61. The van der Waals surface area contributed by atoms with Gasteiger partial charge in [-0.3, -0.25) is 0 Å². The summed E-state index contributed by atoms with van der Waals surface area (Å²) in [5.74, 6) is 0. The van der Waals surface area contributed by atoms with Crippen molar-refractivity contribution in [2.45, 2.75) is 0 Å². The van der Waals surface area contributed by atoms with E-state index in [1.807, 2.05) is 30.3 Å². The second-order valence-electron chi connectivity index (χ2n) is 4.07. The molecule has 0 radical (unpaired) electrons. The first kappa shape index (κ1) is 9.79. The molecule has 0 aliphatic rings. The standard InChI is InChI=1S/C14H8N2OS/c1-2-6-12-9(4-1)11(8-17-12)10-5-3-7-13-14(10)15-16-18-13/h1-8H. The fourth-order valence-corrected chi connectivity index (χ4v) is 2.80. The molecule has 0 N–H and O–H groups in total. The summed E-state index contributed by atoms with van der Waals surface area (Å²) < 4.78 is 10.7. The number of hydrogen-bond acceptors (Lipinski definition) is 4. The van der Waals surface area contributed by atoms with Crippen LogP contribution in [-0.4, -0.2) is 9.59 Å². The maximum atomic E-state index is 5.58. The van der Waals surface area contributed by atoms with Gasteiger partial charge in [-0.05, 0) is 23.7 Å². The minimum Gasteiger partial charge on any atom is -0.464 e. The number of nitrogens with zero attached hydrogens (tertiary/aromatic N) is 2. The highest BCUT2D eigenvalue weighted by Crippen LogP contribution is 2.34. The van der Waals surface area contributed by atoms with Gasteiger partial charge in [0, 0.05) is 16.5 Å². The van der Waals surface area contributed by atoms with E-state index in [1.54, 1.807) is 6.26 Å². The number of rotatable bonds is 1. The van der Waals surface area contributed by atoms with Crippen LogP contribution in [0.1, 0.15) is 0 Å². The molecule has 4 aromatic rings. The van der Waals surface area contributed by atoms with Crippen molar-refractivity contribution in [3.8, 4) is 11.1 Å². The van der Waals surface area contributed by atoms with E-state index >= 15 is 0 Å². The lowest BCUT2D eigenvalue weighted by atomic mass is 10.0. The van der Waals surface area contributed by atoms with Crippen molar-refractivity contribution in [1.82, 2.24) is 9.59 Å². The van der Waals surface area contributed by atoms with E-state index in [-0.39, 0.29) is 0 Å². The van der Waals surface area contributed by atoms with E-state index in [0.717, 1.165) is 32.3 Å². The molecule has 0 fully saturated rings. The van der Waals surface area contributed by atoms with Crippen LogP contribution in [0.5, 0.6) is 0 Å². The van der Waals surface area contributed by atoms with Gasteiger partial charge in [0.2, 0.25) is 0 Å². The lowest BCUT2D eigenvalue weighted by Gasteiger charge is -1.98. The van der Waals surface area contributed by atoms with E-state index in [9.17, 15) is 0 Å². The second-order valence-corrected chi connectivity index (χ2v) is 4.86. The highest BCUT2D eigenvalue weighted by Gasteiger charge is 2.12. The minimum atomic E-state index is 0.896. The molecule has 0 saturated carbocycles. The maximum absolute atomic E-state index is 5.58. The molecule has 0 atom stereocenters. The molecule has 2 aromatic carbocycles. The number of hydrogen-bond donors (Lipinski definition) is 0. The van der Waals surface area contributed by atoms with Crippen molar-refractivity contribution in [2.75, 3.05) is 0 Å². The highest BCUT2D eigenvalue weighted by atomic mass is 32.1. The minimum absolute atomic E-state index is 0.896. The average Bonchev–Trinajstić information content (AvgIpc) is 3.05. The van der Waals surface area contributed by atoms with Crippen molar-refractivity contribution < 1.29 is 4.42 Å². The molecule has 18 heavy (non-hydrogen) atoms. The lowest BCUT2D eigenvalue weighted by molar-refractivity contribution is 0.617. The molecule has 0 saturated heterocycles. The largest absolute Gasteiger partial charge is 0.464 e.